The SMILES string of the molecule is Cc1cc(CN2CCCC2)cc2nc(NC(=O)c3ccccc3)n([C@@H]3CCCCN(C(=O)OC(C)(C)C)C3)c12. The van der Waals surface area contributed by atoms with Crippen LogP contribution in [0.15, 0.2) is 42.5 Å². The van der Waals surface area contributed by atoms with E-state index in [9.17, 15) is 9.59 Å². The predicted octanol–water partition coefficient (Wildman–Crippen LogP) is 6.15. The van der Waals surface area contributed by atoms with E-state index in [1.165, 1.54) is 18.4 Å². The standard InChI is InChI=1S/C31H41N5O3/c1-22-18-23(20-34-15-10-11-16-34)19-26-27(22)36(29(32-26)33-28(37)24-12-6-5-7-13-24)25-14-8-9-17-35(21-25)30(38)39-31(2,3)4/h5-7,12-13,18-19,25H,8-11,14-17,20-21H2,1-4H3,(H,32,33,37)/t25-/m1/s1. The van der Waals surface area contributed by atoms with Crippen LogP contribution in [0.1, 0.15) is 80.4 Å². The molecule has 2 fully saturated rings. The highest BCUT2D eigenvalue weighted by Crippen LogP contribution is 2.33. The zero-order valence-electron chi connectivity index (χ0n) is 23.7. The van der Waals surface area contributed by atoms with Crippen LogP contribution < -0.4 is 5.32 Å². The summed E-state index contributed by atoms with van der Waals surface area (Å²) < 4.78 is 7.89. The summed E-state index contributed by atoms with van der Waals surface area (Å²) in [5.74, 6) is 0.330. The summed E-state index contributed by atoms with van der Waals surface area (Å²) in [4.78, 5) is 35.6. The van der Waals surface area contributed by atoms with Crippen molar-refractivity contribution in [2.45, 2.75) is 78.0 Å². The molecular formula is C31H41N5O3. The topological polar surface area (TPSA) is 79.7 Å². The number of hydrogen-bond donors (Lipinski definition) is 1. The molecule has 39 heavy (non-hydrogen) atoms. The average Bonchev–Trinajstić information content (AvgIpc) is 3.44. The van der Waals surface area contributed by atoms with Crippen LogP contribution in [0.5, 0.6) is 0 Å². The zero-order valence-corrected chi connectivity index (χ0v) is 23.7. The summed E-state index contributed by atoms with van der Waals surface area (Å²) in [6.45, 7) is 12.1. The summed E-state index contributed by atoms with van der Waals surface area (Å²) >= 11 is 0. The van der Waals surface area contributed by atoms with Gasteiger partial charge in [0.2, 0.25) is 5.95 Å². The highest BCUT2D eigenvalue weighted by molar-refractivity contribution is 6.04. The molecule has 2 aromatic carbocycles. The van der Waals surface area contributed by atoms with Gasteiger partial charge in [-0.25, -0.2) is 9.78 Å². The third-order valence-corrected chi connectivity index (χ3v) is 7.57. The Balaban J connectivity index is 1.53. The molecule has 208 valence electrons. The molecule has 5 rings (SSSR count). The number of nitrogens with zero attached hydrogens (tertiary/aromatic N) is 4. The number of ether oxygens (including phenoxy) is 1. The maximum absolute atomic E-state index is 13.2. The third-order valence-electron chi connectivity index (χ3n) is 7.57. The number of amides is 2. The van der Waals surface area contributed by atoms with Crippen molar-refractivity contribution in [3.05, 3.63) is 59.2 Å². The van der Waals surface area contributed by atoms with Crippen LogP contribution in [0, 0.1) is 6.92 Å². The molecule has 3 heterocycles. The molecule has 0 spiro atoms. The fraction of sp³-hybridized carbons (Fsp3) is 0.516. The normalized spacial score (nSPS) is 18.8. The molecule has 1 atom stereocenters. The van der Waals surface area contributed by atoms with Gasteiger partial charge in [0.1, 0.15) is 5.60 Å². The van der Waals surface area contributed by atoms with Gasteiger partial charge in [-0.3, -0.25) is 15.0 Å². The van der Waals surface area contributed by atoms with Gasteiger partial charge in [0, 0.05) is 25.2 Å². The Morgan fingerprint density at radius 2 is 1.74 bits per heavy atom. The van der Waals surface area contributed by atoms with Crippen LogP contribution >= 0.6 is 0 Å². The number of anilines is 1. The Bertz CT molecular complexity index is 1320. The van der Waals surface area contributed by atoms with E-state index in [2.05, 4.69) is 33.8 Å². The molecule has 0 bridgehead atoms. The van der Waals surface area contributed by atoms with Gasteiger partial charge in [0.05, 0.1) is 17.1 Å². The Morgan fingerprint density at radius 1 is 1.03 bits per heavy atom. The number of carbonyl (C=O) groups is 2. The van der Waals surface area contributed by atoms with Gasteiger partial charge in [0.25, 0.3) is 5.91 Å². The molecular weight excluding hydrogens is 490 g/mol. The minimum absolute atomic E-state index is 0.0424. The van der Waals surface area contributed by atoms with Gasteiger partial charge in [-0.2, -0.15) is 0 Å². The van der Waals surface area contributed by atoms with E-state index in [0.29, 0.717) is 24.6 Å². The van der Waals surface area contributed by atoms with Crippen molar-refractivity contribution in [1.29, 1.82) is 0 Å². The number of benzene rings is 2. The summed E-state index contributed by atoms with van der Waals surface area (Å²) in [5, 5.41) is 3.10. The van der Waals surface area contributed by atoms with Crippen molar-refractivity contribution in [1.82, 2.24) is 19.4 Å². The molecule has 1 N–H and O–H groups in total. The second-order valence-electron chi connectivity index (χ2n) is 12.0. The molecule has 0 saturated carbocycles. The molecule has 0 aliphatic carbocycles. The van der Waals surface area contributed by atoms with Crippen LogP contribution in [0.3, 0.4) is 0 Å². The maximum Gasteiger partial charge on any atom is 0.410 e. The number of carbonyl (C=O) groups excluding carboxylic acids is 2. The van der Waals surface area contributed by atoms with Gasteiger partial charge in [0.15, 0.2) is 0 Å². The minimum atomic E-state index is -0.558. The lowest BCUT2D eigenvalue weighted by Gasteiger charge is -2.29. The predicted molar refractivity (Wildman–Crippen MR) is 154 cm³/mol. The fourth-order valence-electron chi connectivity index (χ4n) is 5.83. The Kier molecular flexibility index (Phi) is 7.93. The van der Waals surface area contributed by atoms with E-state index in [4.69, 9.17) is 9.72 Å². The van der Waals surface area contributed by atoms with Crippen LogP contribution in [-0.2, 0) is 11.3 Å². The summed E-state index contributed by atoms with van der Waals surface area (Å²) in [6, 6.07) is 13.6. The van der Waals surface area contributed by atoms with Gasteiger partial charge in [-0.1, -0.05) is 24.3 Å². The number of likely N-dealkylation sites (tertiary alicyclic amines) is 2. The number of aryl methyl sites for hydroxylation is 1. The average molecular weight is 532 g/mol. The summed E-state index contributed by atoms with van der Waals surface area (Å²) in [6.07, 6.45) is 4.98. The Labute approximate surface area is 231 Å². The first-order valence-corrected chi connectivity index (χ1v) is 14.3. The molecule has 0 unspecified atom stereocenters. The van der Waals surface area contributed by atoms with Crippen LogP contribution in [-0.4, -0.2) is 63.1 Å². The van der Waals surface area contributed by atoms with Gasteiger partial charge in [-0.05, 0) is 102 Å². The second-order valence-corrected chi connectivity index (χ2v) is 12.0. The first-order valence-electron chi connectivity index (χ1n) is 14.3. The van der Waals surface area contributed by atoms with E-state index in [0.717, 1.165) is 55.5 Å². The van der Waals surface area contributed by atoms with E-state index in [1.807, 2.05) is 43.9 Å². The van der Waals surface area contributed by atoms with Crippen LogP contribution in [0.2, 0.25) is 0 Å². The maximum atomic E-state index is 13.2. The van der Waals surface area contributed by atoms with Crippen molar-refractivity contribution in [3.8, 4) is 0 Å². The fourth-order valence-corrected chi connectivity index (χ4v) is 5.83. The molecule has 3 aromatic rings. The molecule has 2 saturated heterocycles. The van der Waals surface area contributed by atoms with Crippen LogP contribution in [0.25, 0.3) is 11.0 Å². The van der Waals surface area contributed by atoms with Crippen molar-refractivity contribution < 1.29 is 14.3 Å². The molecule has 2 aliphatic rings. The van der Waals surface area contributed by atoms with Gasteiger partial charge >= 0.3 is 6.09 Å². The first-order chi connectivity index (χ1) is 18.7. The number of imidazole rings is 1. The largest absolute Gasteiger partial charge is 0.444 e. The Hall–Kier alpha value is -3.39. The number of fused-ring (bicyclic) bond motifs is 1. The second kappa shape index (κ2) is 11.4. The van der Waals surface area contributed by atoms with E-state index >= 15 is 0 Å². The molecule has 8 nitrogen and oxygen atoms in total. The van der Waals surface area contributed by atoms with Gasteiger partial charge < -0.3 is 14.2 Å². The van der Waals surface area contributed by atoms with Crippen LogP contribution in [0.4, 0.5) is 10.7 Å². The summed E-state index contributed by atoms with van der Waals surface area (Å²) in [5.41, 5.74) is 4.28. The lowest BCUT2D eigenvalue weighted by molar-refractivity contribution is 0.0238. The van der Waals surface area contributed by atoms with Crippen molar-refractivity contribution in [2.75, 3.05) is 31.5 Å². The lowest BCUT2D eigenvalue weighted by Crippen LogP contribution is -2.39. The monoisotopic (exact) mass is 531 g/mol. The van der Waals surface area contributed by atoms with Crippen molar-refractivity contribution in [2.24, 2.45) is 0 Å². The quantitative estimate of drug-likeness (QED) is 0.427. The number of nitrogens with one attached hydrogen (secondary N) is 1. The highest BCUT2D eigenvalue weighted by Gasteiger charge is 2.30. The zero-order chi connectivity index (χ0) is 27.6. The molecule has 0 radical (unpaired) electrons. The highest BCUT2D eigenvalue weighted by atomic mass is 16.6. The first kappa shape index (κ1) is 27.2. The number of hydrogen-bond acceptors (Lipinski definition) is 5. The van der Waals surface area contributed by atoms with E-state index in [-0.39, 0.29) is 18.0 Å². The third kappa shape index (κ3) is 6.44. The van der Waals surface area contributed by atoms with Gasteiger partial charge in [-0.15, -0.1) is 0 Å². The van der Waals surface area contributed by atoms with E-state index < -0.39 is 5.60 Å². The molecule has 2 aliphatic heterocycles. The summed E-state index contributed by atoms with van der Waals surface area (Å²) in [7, 11) is 0. The smallest absolute Gasteiger partial charge is 0.410 e. The van der Waals surface area contributed by atoms with Crippen molar-refractivity contribution >= 4 is 29.0 Å². The Morgan fingerprint density at radius 3 is 2.46 bits per heavy atom. The molecule has 1 aromatic heterocycles. The molecule has 2 amide bonds. The van der Waals surface area contributed by atoms with E-state index in [1.54, 1.807) is 12.1 Å². The number of rotatable bonds is 5. The lowest BCUT2D eigenvalue weighted by atomic mass is 10.1. The molecule has 8 heteroatoms. The number of aromatic nitrogens is 2. The minimum Gasteiger partial charge on any atom is -0.444 e. The van der Waals surface area contributed by atoms with Crippen molar-refractivity contribution in [3.63, 3.8) is 0 Å².